The molecule has 0 fully saturated rings. The van der Waals surface area contributed by atoms with E-state index in [-0.39, 0.29) is 5.91 Å². The van der Waals surface area contributed by atoms with Crippen LogP contribution in [0.15, 0.2) is 0 Å². The number of amides is 1. The summed E-state index contributed by atoms with van der Waals surface area (Å²) < 4.78 is 15.9. The molecule has 0 heterocycles. The monoisotopic (exact) mass is 341 g/mol. The van der Waals surface area contributed by atoms with E-state index in [9.17, 15) is 4.79 Å². The highest BCUT2D eigenvalue weighted by Gasteiger charge is 2.16. The number of carbonyl (C=O) groups is 1. The number of unbranched alkanes of at least 4 members (excludes halogenated alkanes) is 3. The van der Waals surface area contributed by atoms with Crippen LogP contribution >= 0.6 is 6.72 Å². The van der Waals surface area contributed by atoms with Crippen LogP contribution in [0.5, 0.6) is 0 Å². The molecule has 0 aliphatic heterocycles. The van der Waals surface area contributed by atoms with Crippen LogP contribution in [0.25, 0.3) is 0 Å². The van der Waals surface area contributed by atoms with Crippen LogP contribution in [0.2, 0.25) is 0 Å². The van der Waals surface area contributed by atoms with Gasteiger partial charge in [0.2, 0.25) is 5.91 Å². The number of hydrogen-bond donors (Lipinski definition) is 1. The van der Waals surface area contributed by atoms with Crippen molar-refractivity contribution in [3.8, 4) is 0 Å². The Bertz CT molecular complexity index is 290. The molecule has 0 aromatic rings. The molecule has 1 amide bonds. The van der Waals surface area contributed by atoms with Gasteiger partial charge in [-0.2, -0.15) is 0 Å². The van der Waals surface area contributed by atoms with Crippen LogP contribution in [0.4, 0.5) is 0 Å². The Morgan fingerprint density at radius 2 is 1.71 bits per heavy atom. The molecule has 5 nitrogen and oxygen atoms in total. The van der Waals surface area contributed by atoms with Crippen LogP contribution in [0.1, 0.15) is 59.8 Å². The minimum atomic E-state index is -2.50. The van der Waals surface area contributed by atoms with Crippen molar-refractivity contribution in [2.75, 3.05) is 26.9 Å². The van der Waals surface area contributed by atoms with Gasteiger partial charge in [-0.25, -0.2) is 0 Å². The maximum atomic E-state index is 11.0. The standard InChI is InChI=1S/C12H26NO4PS.C2H6/c1-4-12(14)13-10-8-6-7-9-11-17-18(19,15-3)16-5-2;1-2/h4-11H2,1-3H3,(H,13,14);1-2H3. The first kappa shape index (κ1) is 23.3. The fraction of sp³-hybridized carbons (Fsp3) is 0.929. The molecule has 7 heteroatoms. The molecule has 1 atom stereocenters. The highest BCUT2D eigenvalue weighted by molar-refractivity contribution is 8.07. The highest BCUT2D eigenvalue weighted by Crippen LogP contribution is 2.48. The third-order valence-corrected chi connectivity index (χ3v) is 5.07. The largest absolute Gasteiger partial charge is 0.356 e. The molecule has 0 bridgehead atoms. The summed E-state index contributed by atoms with van der Waals surface area (Å²) in [6, 6.07) is 0. The van der Waals surface area contributed by atoms with Gasteiger partial charge in [0, 0.05) is 20.1 Å². The lowest BCUT2D eigenvalue weighted by molar-refractivity contribution is -0.120. The number of hydrogen-bond acceptors (Lipinski definition) is 5. The molecule has 21 heavy (non-hydrogen) atoms. The zero-order valence-electron chi connectivity index (χ0n) is 14.1. The molecule has 0 aliphatic carbocycles. The van der Waals surface area contributed by atoms with Gasteiger partial charge >= 0.3 is 6.72 Å². The Morgan fingerprint density at radius 1 is 1.10 bits per heavy atom. The molecule has 128 valence electrons. The van der Waals surface area contributed by atoms with E-state index in [1.165, 1.54) is 7.11 Å². The van der Waals surface area contributed by atoms with E-state index < -0.39 is 6.72 Å². The second-order valence-corrected chi connectivity index (χ2v) is 7.12. The summed E-state index contributed by atoms with van der Waals surface area (Å²) in [4.78, 5) is 11.0. The topological polar surface area (TPSA) is 56.8 Å². The van der Waals surface area contributed by atoms with Crippen molar-refractivity contribution in [2.45, 2.75) is 59.8 Å². The van der Waals surface area contributed by atoms with Gasteiger partial charge < -0.3 is 18.9 Å². The Hall–Kier alpha value is -0.000000000000000111. The van der Waals surface area contributed by atoms with Crippen molar-refractivity contribution in [3.63, 3.8) is 0 Å². The van der Waals surface area contributed by atoms with Gasteiger partial charge in [-0.05, 0) is 31.6 Å². The van der Waals surface area contributed by atoms with Gasteiger partial charge in [-0.15, -0.1) is 0 Å². The van der Waals surface area contributed by atoms with Crippen molar-refractivity contribution >= 4 is 24.4 Å². The van der Waals surface area contributed by atoms with E-state index in [0.29, 0.717) is 19.6 Å². The van der Waals surface area contributed by atoms with Crippen LogP contribution in [-0.4, -0.2) is 32.8 Å². The smallest absolute Gasteiger partial charge is 0.326 e. The van der Waals surface area contributed by atoms with Gasteiger partial charge in [-0.3, -0.25) is 4.79 Å². The molecule has 0 rings (SSSR count). The Morgan fingerprint density at radius 3 is 2.24 bits per heavy atom. The predicted octanol–water partition coefficient (Wildman–Crippen LogP) is 4.02. The normalized spacial score (nSPS) is 13.0. The molecule has 0 saturated heterocycles. The molecule has 0 spiro atoms. The molecule has 0 radical (unpaired) electrons. The Kier molecular flexibility index (Phi) is 18.1. The van der Waals surface area contributed by atoms with Gasteiger partial charge in [0.1, 0.15) is 0 Å². The molecule has 0 aromatic heterocycles. The molecule has 1 unspecified atom stereocenters. The first-order valence-electron chi connectivity index (χ1n) is 7.79. The summed E-state index contributed by atoms with van der Waals surface area (Å²) in [5, 5.41) is 2.85. The van der Waals surface area contributed by atoms with Crippen molar-refractivity contribution in [1.82, 2.24) is 5.32 Å². The lowest BCUT2D eigenvalue weighted by atomic mass is 10.2. The minimum Gasteiger partial charge on any atom is -0.356 e. The highest BCUT2D eigenvalue weighted by atomic mass is 32.5. The first-order valence-corrected chi connectivity index (χ1v) is 10.3. The van der Waals surface area contributed by atoms with E-state index in [1.54, 1.807) is 0 Å². The Balaban J connectivity index is 0. The van der Waals surface area contributed by atoms with E-state index >= 15 is 0 Å². The van der Waals surface area contributed by atoms with Crippen LogP contribution < -0.4 is 5.32 Å². The van der Waals surface area contributed by atoms with Crippen LogP contribution in [0.3, 0.4) is 0 Å². The van der Waals surface area contributed by atoms with Crippen molar-refractivity contribution in [1.29, 1.82) is 0 Å². The van der Waals surface area contributed by atoms with Crippen LogP contribution in [0, 0.1) is 0 Å². The summed E-state index contributed by atoms with van der Waals surface area (Å²) in [6.45, 7) is 7.04. The van der Waals surface area contributed by atoms with Gasteiger partial charge in [0.25, 0.3) is 0 Å². The third-order valence-electron chi connectivity index (χ3n) is 2.47. The zero-order chi connectivity index (χ0) is 16.6. The van der Waals surface area contributed by atoms with Gasteiger partial charge in [-0.1, -0.05) is 33.6 Å². The summed E-state index contributed by atoms with van der Waals surface area (Å²) >= 11 is 5.16. The molecule has 0 saturated carbocycles. The van der Waals surface area contributed by atoms with Crippen molar-refractivity contribution in [2.24, 2.45) is 0 Å². The maximum Gasteiger partial charge on any atom is 0.326 e. The second kappa shape index (κ2) is 16.4. The Labute approximate surface area is 135 Å². The lowest BCUT2D eigenvalue weighted by Gasteiger charge is -2.18. The molecule has 0 aliphatic rings. The average Bonchev–Trinajstić information content (AvgIpc) is 2.51. The minimum absolute atomic E-state index is 0.112. The van der Waals surface area contributed by atoms with E-state index in [4.69, 9.17) is 25.4 Å². The second-order valence-electron chi connectivity index (χ2n) is 4.00. The molecule has 1 N–H and O–H groups in total. The zero-order valence-corrected chi connectivity index (χ0v) is 15.9. The first-order chi connectivity index (χ1) is 10.1. The SMILES string of the molecule is CC.CCOP(=S)(OC)OCCCCCCNC(=O)CC. The summed E-state index contributed by atoms with van der Waals surface area (Å²) in [7, 11) is 1.52. The number of nitrogens with one attached hydrogen (secondary N) is 1. The average molecular weight is 341 g/mol. The predicted molar refractivity (Wildman–Crippen MR) is 92.0 cm³/mol. The van der Waals surface area contributed by atoms with Crippen molar-refractivity contribution in [3.05, 3.63) is 0 Å². The maximum absolute atomic E-state index is 11.0. The third kappa shape index (κ3) is 14.7. The van der Waals surface area contributed by atoms with Crippen LogP contribution in [-0.2, 0) is 30.2 Å². The molecular formula is C14H32NO4PS. The van der Waals surface area contributed by atoms with Gasteiger partial charge in [0.15, 0.2) is 0 Å². The summed E-state index contributed by atoms with van der Waals surface area (Å²) in [5.74, 6) is 0.112. The summed E-state index contributed by atoms with van der Waals surface area (Å²) in [6.07, 6.45) is 4.59. The number of rotatable bonds is 12. The summed E-state index contributed by atoms with van der Waals surface area (Å²) in [5.41, 5.74) is 0. The quantitative estimate of drug-likeness (QED) is 0.429. The molecular weight excluding hydrogens is 309 g/mol. The number of carbonyl (C=O) groups excluding carboxylic acids is 1. The van der Waals surface area contributed by atoms with Crippen molar-refractivity contribution < 1.29 is 18.4 Å². The van der Waals surface area contributed by atoms with E-state index in [0.717, 1.165) is 32.2 Å². The fourth-order valence-corrected chi connectivity index (χ4v) is 2.90. The fourth-order valence-electron chi connectivity index (χ4n) is 1.41. The van der Waals surface area contributed by atoms with E-state index in [1.807, 2.05) is 27.7 Å². The van der Waals surface area contributed by atoms with E-state index in [2.05, 4.69) is 5.32 Å². The van der Waals surface area contributed by atoms with Gasteiger partial charge in [0.05, 0.1) is 13.2 Å². The molecule has 0 aromatic carbocycles. The lowest BCUT2D eigenvalue weighted by Crippen LogP contribution is -2.23.